The summed E-state index contributed by atoms with van der Waals surface area (Å²) in [6.45, 7) is 6.95. The van der Waals surface area contributed by atoms with Crippen LogP contribution in [-0.2, 0) is 9.53 Å². The van der Waals surface area contributed by atoms with E-state index in [1.54, 1.807) is 39.0 Å². The van der Waals surface area contributed by atoms with Gasteiger partial charge in [-0.3, -0.25) is 4.79 Å². The number of halogens is 1. The largest absolute Gasteiger partial charge is 0.459 e. The number of hydrogen-bond acceptors (Lipinski definition) is 3. The Morgan fingerprint density at radius 1 is 1.30 bits per heavy atom. The lowest BCUT2D eigenvalue weighted by Crippen LogP contribution is -2.37. The number of rotatable bonds is 3. The molecule has 1 aromatic carbocycles. The number of aryl methyl sites for hydroxylation is 1. The molecule has 0 aromatic heterocycles. The van der Waals surface area contributed by atoms with Crippen LogP contribution in [0.1, 0.15) is 26.3 Å². The Bertz CT molecular complexity index is 510. The van der Waals surface area contributed by atoms with Crippen molar-refractivity contribution in [3.05, 3.63) is 28.8 Å². The second-order valence-corrected chi connectivity index (χ2v) is 5.79. The van der Waals surface area contributed by atoms with E-state index in [9.17, 15) is 9.59 Å². The first-order valence-corrected chi connectivity index (χ1v) is 6.58. The van der Waals surface area contributed by atoms with E-state index < -0.39 is 17.6 Å². The Hall–Kier alpha value is -1.75. The molecular weight excluding hydrogens is 280 g/mol. The zero-order valence-electron chi connectivity index (χ0n) is 12.0. The van der Waals surface area contributed by atoms with Crippen molar-refractivity contribution in [1.82, 2.24) is 5.32 Å². The molecule has 0 saturated carbocycles. The molecule has 0 atom stereocenters. The summed E-state index contributed by atoms with van der Waals surface area (Å²) in [5.41, 5.74) is 0.903. The van der Waals surface area contributed by atoms with Crippen molar-refractivity contribution in [2.75, 3.05) is 11.9 Å². The molecular formula is C14H19ClN2O3. The molecule has 0 unspecified atom stereocenters. The van der Waals surface area contributed by atoms with Crippen molar-refractivity contribution in [3.63, 3.8) is 0 Å². The van der Waals surface area contributed by atoms with Gasteiger partial charge in [-0.25, -0.2) is 4.79 Å². The Morgan fingerprint density at radius 3 is 2.55 bits per heavy atom. The van der Waals surface area contributed by atoms with Gasteiger partial charge in [0.2, 0.25) is 0 Å². The molecule has 2 N–H and O–H groups in total. The van der Waals surface area contributed by atoms with E-state index in [1.165, 1.54) is 0 Å². The third kappa shape index (κ3) is 5.93. The lowest BCUT2D eigenvalue weighted by atomic mass is 10.2. The fourth-order valence-electron chi connectivity index (χ4n) is 1.43. The molecule has 0 spiro atoms. The zero-order valence-corrected chi connectivity index (χ0v) is 12.8. The first kappa shape index (κ1) is 16.3. The molecule has 0 radical (unpaired) electrons. The highest BCUT2D eigenvalue weighted by molar-refractivity contribution is 6.31. The van der Waals surface area contributed by atoms with Crippen molar-refractivity contribution in [1.29, 1.82) is 0 Å². The maximum atomic E-state index is 11.7. The van der Waals surface area contributed by atoms with Gasteiger partial charge in [-0.05, 0) is 45.4 Å². The minimum Gasteiger partial charge on any atom is -0.459 e. The molecule has 20 heavy (non-hydrogen) atoms. The van der Waals surface area contributed by atoms with E-state index in [0.717, 1.165) is 5.56 Å². The van der Waals surface area contributed by atoms with Crippen LogP contribution in [0, 0.1) is 6.92 Å². The topological polar surface area (TPSA) is 67.4 Å². The fraction of sp³-hybridized carbons (Fsp3) is 0.429. The van der Waals surface area contributed by atoms with Gasteiger partial charge in [-0.1, -0.05) is 17.7 Å². The maximum Gasteiger partial charge on any atom is 0.325 e. The smallest absolute Gasteiger partial charge is 0.325 e. The lowest BCUT2D eigenvalue weighted by Gasteiger charge is -2.19. The van der Waals surface area contributed by atoms with Crippen LogP contribution < -0.4 is 10.6 Å². The van der Waals surface area contributed by atoms with Crippen molar-refractivity contribution in [3.8, 4) is 0 Å². The third-order valence-corrected chi connectivity index (χ3v) is 2.50. The maximum absolute atomic E-state index is 11.7. The van der Waals surface area contributed by atoms with Crippen molar-refractivity contribution in [2.45, 2.75) is 33.3 Å². The van der Waals surface area contributed by atoms with Gasteiger partial charge in [0.05, 0.1) is 0 Å². The lowest BCUT2D eigenvalue weighted by molar-refractivity contribution is -0.153. The molecule has 0 saturated heterocycles. The third-order valence-electron chi connectivity index (χ3n) is 2.26. The molecule has 110 valence electrons. The number of esters is 1. The molecule has 5 nitrogen and oxygen atoms in total. The first-order chi connectivity index (χ1) is 9.17. The van der Waals surface area contributed by atoms with Crippen molar-refractivity contribution in [2.24, 2.45) is 0 Å². The number of urea groups is 1. The zero-order chi connectivity index (χ0) is 15.3. The van der Waals surface area contributed by atoms with Gasteiger partial charge < -0.3 is 15.4 Å². The highest BCUT2D eigenvalue weighted by Crippen LogP contribution is 2.19. The number of carbonyl (C=O) groups excluding carboxylic acids is 2. The molecule has 0 aliphatic heterocycles. The van der Waals surface area contributed by atoms with E-state index in [0.29, 0.717) is 10.7 Å². The van der Waals surface area contributed by atoms with E-state index >= 15 is 0 Å². The average molecular weight is 299 g/mol. The van der Waals surface area contributed by atoms with Crippen LogP contribution in [0.15, 0.2) is 18.2 Å². The molecule has 0 fully saturated rings. The number of amides is 2. The van der Waals surface area contributed by atoms with Crippen LogP contribution >= 0.6 is 11.6 Å². The summed E-state index contributed by atoms with van der Waals surface area (Å²) in [6.07, 6.45) is 0. The quantitative estimate of drug-likeness (QED) is 0.843. The standard InChI is InChI=1S/C14H19ClN2O3/c1-9-5-6-10(15)7-11(9)17-13(19)16-8-12(18)20-14(2,3)4/h5-7H,8H2,1-4H3,(H2,16,17,19). The summed E-state index contributed by atoms with van der Waals surface area (Å²) in [5.74, 6) is -0.490. The molecule has 0 aliphatic carbocycles. The number of carbonyl (C=O) groups is 2. The van der Waals surface area contributed by atoms with E-state index in [1.807, 2.05) is 6.92 Å². The summed E-state index contributed by atoms with van der Waals surface area (Å²) in [7, 11) is 0. The van der Waals surface area contributed by atoms with Crippen LogP contribution in [0.2, 0.25) is 5.02 Å². The Balaban J connectivity index is 2.48. The highest BCUT2D eigenvalue weighted by Gasteiger charge is 2.16. The summed E-state index contributed by atoms with van der Waals surface area (Å²) in [6, 6.07) is 4.69. The van der Waals surface area contributed by atoms with E-state index in [2.05, 4.69) is 10.6 Å². The minimum absolute atomic E-state index is 0.192. The fourth-order valence-corrected chi connectivity index (χ4v) is 1.60. The molecule has 6 heteroatoms. The minimum atomic E-state index is -0.571. The molecule has 1 aromatic rings. The van der Waals surface area contributed by atoms with Gasteiger partial charge in [0.1, 0.15) is 12.1 Å². The van der Waals surface area contributed by atoms with Gasteiger partial charge in [0, 0.05) is 10.7 Å². The van der Waals surface area contributed by atoms with Crippen LogP contribution in [-0.4, -0.2) is 24.1 Å². The van der Waals surface area contributed by atoms with Crippen molar-refractivity contribution < 1.29 is 14.3 Å². The highest BCUT2D eigenvalue weighted by atomic mass is 35.5. The van der Waals surface area contributed by atoms with E-state index in [4.69, 9.17) is 16.3 Å². The predicted molar refractivity (Wildman–Crippen MR) is 79.1 cm³/mol. The number of ether oxygens (including phenoxy) is 1. The van der Waals surface area contributed by atoms with Crippen LogP contribution in [0.4, 0.5) is 10.5 Å². The molecule has 0 bridgehead atoms. The second-order valence-electron chi connectivity index (χ2n) is 5.35. The Labute approximate surface area is 123 Å². The molecule has 2 amide bonds. The SMILES string of the molecule is Cc1ccc(Cl)cc1NC(=O)NCC(=O)OC(C)(C)C. The number of hydrogen-bond donors (Lipinski definition) is 2. The van der Waals surface area contributed by atoms with Gasteiger partial charge >= 0.3 is 12.0 Å². The van der Waals surface area contributed by atoms with Gasteiger partial charge in [-0.2, -0.15) is 0 Å². The van der Waals surface area contributed by atoms with Gasteiger partial charge in [-0.15, -0.1) is 0 Å². The van der Waals surface area contributed by atoms with Crippen molar-refractivity contribution >= 4 is 29.3 Å². The number of benzene rings is 1. The Morgan fingerprint density at radius 2 is 1.95 bits per heavy atom. The van der Waals surface area contributed by atoms with E-state index in [-0.39, 0.29) is 6.54 Å². The second kappa shape index (κ2) is 6.61. The first-order valence-electron chi connectivity index (χ1n) is 6.20. The summed E-state index contributed by atoms with van der Waals surface area (Å²) in [5, 5.41) is 5.59. The van der Waals surface area contributed by atoms with Gasteiger partial charge in [0.15, 0.2) is 0 Å². The van der Waals surface area contributed by atoms with Crippen LogP contribution in [0.3, 0.4) is 0 Å². The summed E-state index contributed by atoms with van der Waals surface area (Å²) >= 11 is 5.85. The summed E-state index contributed by atoms with van der Waals surface area (Å²) in [4.78, 5) is 23.1. The molecule has 0 heterocycles. The molecule has 1 rings (SSSR count). The predicted octanol–water partition coefficient (Wildman–Crippen LogP) is 3.11. The van der Waals surface area contributed by atoms with Gasteiger partial charge in [0.25, 0.3) is 0 Å². The monoisotopic (exact) mass is 298 g/mol. The number of anilines is 1. The normalized spacial score (nSPS) is 10.8. The van der Waals surface area contributed by atoms with Crippen LogP contribution in [0.5, 0.6) is 0 Å². The summed E-state index contributed by atoms with van der Waals surface area (Å²) < 4.78 is 5.08. The Kier molecular flexibility index (Phi) is 5.39. The average Bonchev–Trinajstić information content (AvgIpc) is 2.29. The van der Waals surface area contributed by atoms with Crippen LogP contribution in [0.25, 0.3) is 0 Å². The number of nitrogens with one attached hydrogen (secondary N) is 2. The molecule has 0 aliphatic rings.